The SMILES string of the molecule is COCCNC(=O)Oc1ccc(N2CCc3c(C(N)=O)nn(-c4ccc(OC)cc4)c3C2=O)cc1F. The van der Waals surface area contributed by atoms with Crippen molar-refractivity contribution in [2.75, 3.05) is 38.8 Å². The van der Waals surface area contributed by atoms with Crippen LogP contribution in [-0.2, 0) is 11.2 Å². The van der Waals surface area contributed by atoms with Gasteiger partial charge in [0.1, 0.15) is 11.4 Å². The van der Waals surface area contributed by atoms with Gasteiger partial charge in [0.05, 0.1) is 19.4 Å². The first-order valence-corrected chi connectivity index (χ1v) is 11.0. The maximum absolute atomic E-state index is 14.7. The van der Waals surface area contributed by atoms with E-state index >= 15 is 0 Å². The second-order valence-corrected chi connectivity index (χ2v) is 7.78. The van der Waals surface area contributed by atoms with Crippen molar-refractivity contribution >= 4 is 23.6 Å². The Morgan fingerprint density at radius 2 is 1.86 bits per heavy atom. The van der Waals surface area contributed by atoms with E-state index in [1.54, 1.807) is 24.3 Å². The number of fused-ring (bicyclic) bond motifs is 1. The third-order valence-corrected chi connectivity index (χ3v) is 5.57. The van der Waals surface area contributed by atoms with E-state index in [1.807, 2.05) is 0 Å². The number of carbonyl (C=O) groups excluding carboxylic acids is 3. The van der Waals surface area contributed by atoms with Crippen LogP contribution in [0.1, 0.15) is 26.5 Å². The van der Waals surface area contributed by atoms with Crippen LogP contribution in [0.3, 0.4) is 0 Å². The smallest absolute Gasteiger partial charge is 0.412 e. The largest absolute Gasteiger partial charge is 0.497 e. The normalized spacial score (nSPS) is 12.8. The molecule has 11 nitrogen and oxygen atoms in total. The van der Waals surface area contributed by atoms with Crippen molar-refractivity contribution in [3.63, 3.8) is 0 Å². The van der Waals surface area contributed by atoms with Gasteiger partial charge in [0.15, 0.2) is 17.3 Å². The maximum atomic E-state index is 14.7. The van der Waals surface area contributed by atoms with Gasteiger partial charge >= 0.3 is 6.09 Å². The van der Waals surface area contributed by atoms with E-state index in [2.05, 4.69) is 10.4 Å². The number of rotatable bonds is 8. The molecule has 0 fully saturated rings. The van der Waals surface area contributed by atoms with Crippen LogP contribution in [0.25, 0.3) is 5.69 Å². The molecular weight excluding hydrogens is 473 g/mol. The van der Waals surface area contributed by atoms with Gasteiger partial charge in [0, 0.05) is 37.5 Å². The summed E-state index contributed by atoms with van der Waals surface area (Å²) >= 11 is 0. The van der Waals surface area contributed by atoms with Crippen molar-refractivity contribution < 1.29 is 33.0 Å². The first-order chi connectivity index (χ1) is 17.3. The summed E-state index contributed by atoms with van der Waals surface area (Å²) in [5, 5.41) is 6.72. The van der Waals surface area contributed by atoms with Crippen LogP contribution in [0.2, 0.25) is 0 Å². The molecule has 1 aliphatic rings. The number of halogens is 1. The number of nitrogens with one attached hydrogen (secondary N) is 1. The van der Waals surface area contributed by atoms with Gasteiger partial charge in [-0.2, -0.15) is 5.10 Å². The van der Waals surface area contributed by atoms with Gasteiger partial charge in [-0.3, -0.25) is 9.59 Å². The highest BCUT2D eigenvalue weighted by atomic mass is 19.1. The van der Waals surface area contributed by atoms with Crippen LogP contribution in [0.5, 0.6) is 11.5 Å². The number of benzene rings is 2. The van der Waals surface area contributed by atoms with Crippen LogP contribution in [0, 0.1) is 5.82 Å². The van der Waals surface area contributed by atoms with Crippen LogP contribution in [-0.4, -0.2) is 61.6 Å². The lowest BCUT2D eigenvalue weighted by atomic mass is 10.0. The van der Waals surface area contributed by atoms with Crippen molar-refractivity contribution in [3.05, 3.63) is 65.2 Å². The Balaban J connectivity index is 1.63. The van der Waals surface area contributed by atoms with Gasteiger partial charge in [0.25, 0.3) is 11.8 Å². The zero-order chi connectivity index (χ0) is 25.8. The molecule has 1 aliphatic heterocycles. The molecule has 0 saturated carbocycles. The fourth-order valence-corrected chi connectivity index (χ4v) is 3.85. The topological polar surface area (TPSA) is 138 Å². The van der Waals surface area contributed by atoms with Gasteiger partial charge in [-0.25, -0.2) is 13.9 Å². The van der Waals surface area contributed by atoms with Gasteiger partial charge in [-0.05, 0) is 42.8 Å². The molecular formula is C24H24FN5O6. The lowest BCUT2D eigenvalue weighted by Crippen LogP contribution is -2.39. The zero-order valence-electron chi connectivity index (χ0n) is 19.6. The molecule has 2 aromatic carbocycles. The van der Waals surface area contributed by atoms with Gasteiger partial charge in [-0.1, -0.05) is 0 Å². The van der Waals surface area contributed by atoms with Crippen LogP contribution in [0.4, 0.5) is 14.9 Å². The Kier molecular flexibility index (Phi) is 7.15. The number of nitrogens with zero attached hydrogens (tertiary/aromatic N) is 3. The van der Waals surface area contributed by atoms with Gasteiger partial charge < -0.3 is 30.2 Å². The molecule has 0 bridgehead atoms. The Labute approximate surface area is 205 Å². The molecule has 0 spiro atoms. The molecule has 188 valence electrons. The molecule has 0 saturated heterocycles. The molecule has 3 N–H and O–H groups in total. The van der Waals surface area contributed by atoms with Crippen molar-refractivity contribution in [2.24, 2.45) is 5.73 Å². The highest BCUT2D eigenvalue weighted by Crippen LogP contribution is 2.31. The molecule has 1 aromatic heterocycles. The van der Waals surface area contributed by atoms with E-state index in [1.165, 1.54) is 35.9 Å². The van der Waals surface area contributed by atoms with Crippen molar-refractivity contribution in [2.45, 2.75) is 6.42 Å². The lowest BCUT2D eigenvalue weighted by Gasteiger charge is -2.28. The summed E-state index contributed by atoms with van der Waals surface area (Å²) in [5.41, 5.74) is 6.86. The Bertz CT molecular complexity index is 1310. The van der Waals surface area contributed by atoms with Crippen molar-refractivity contribution in [3.8, 4) is 17.2 Å². The Morgan fingerprint density at radius 3 is 2.50 bits per heavy atom. The first kappa shape index (κ1) is 24.7. The monoisotopic (exact) mass is 497 g/mol. The number of hydrogen-bond acceptors (Lipinski definition) is 7. The molecule has 0 unspecified atom stereocenters. The second kappa shape index (κ2) is 10.4. The average molecular weight is 497 g/mol. The number of amides is 3. The van der Waals surface area contributed by atoms with Crippen LogP contribution in [0.15, 0.2) is 42.5 Å². The minimum Gasteiger partial charge on any atom is -0.497 e. The summed E-state index contributed by atoms with van der Waals surface area (Å²) in [7, 11) is 3.01. The molecule has 12 heteroatoms. The molecule has 2 heterocycles. The van der Waals surface area contributed by atoms with E-state index < -0.39 is 23.7 Å². The summed E-state index contributed by atoms with van der Waals surface area (Å²) in [5.74, 6) is -1.76. The van der Waals surface area contributed by atoms with Crippen LogP contribution < -0.4 is 25.4 Å². The highest BCUT2D eigenvalue weighted by Gasteiger charge is 2.35. The van der Waals surface area contributed by atoms with Crippen LogP contribution >= 0.6 is 0 Å². The quantitative estimate of drug-likeness (QED) is 0.454. The number of anilines is 1. The van der Waals surface area contributed by atoms with Crippen molar-refractivity contribution in [1.29, 1.82) is 0 Å². The molecule has 4 rings (SSSR count). The summed E-state index contributed by atoms with van der Waals surface area (Å²) in [6.07, 6.45) is -0.558. The number of ether oxygens (including phenoxy) is 3. The van der Waals surface area contributed by atoms with Gasteiger partial charge in [0.2, 0.25) is 0 Å². The summed E-state index contributed by atoms with van der Waals surface area (Å²) in [4.78, 5) is 38.7. The third kappa shape index (κ3) is 4.84. The zero-order valence-corrected chi connectivity index (χ0v) is 19.6. The molecule has 0 aliphatic carbocycles. The number of methoxy groups -OCH3 is 2. The maximum Gasteiger partial charge on any atom is 0.412 e. The Hall–Kier alpha value is -4.45. The number of carbonyl (C=O) groups is 3. The predicted molar refractivity (Wildman–Crippen MR) is 126 cm³/mol. The molecule has 36 heavy (non-hydrogen) atoms. The van der Waals surface area contributed by atoms with E-state index in [4.69, 9.17) is 19.9 Å². The van der Waals surface area contributed by atoms with E-state index in [9.17, 15) is 18.8 Å². The second-order valence-electron chi connectivity index (χ2n) is 7.78. The molecule has 3 amide bonds. The number of aromatic nitrogens is 2. The lowest BCUT2D eigenvalue weighted by molar-refractivity contribution is 0.0972. The summed E-state index contributed by atoms with van der Waals surface area (Å²) in [6, 6.07) is 10.6. The fourth-order valence-electron chi connectivity index (χ4n) is 3.85. The van der Waals surface area contributed by atoms with E-state index in [0.29, 0.717) is 17.0 Å². The minimum atomic E-state index is -0.834. The number of hydrogen-bond donors (Lipinski definition) is 2. The summed E-state index contributed by atoms with van der Waals surface area (Å²) in [6.45, 7) is 0.645. The average Bonchev–Trinajstić information content (AvgIpc) is 3.27. The first-order valence-electron chi connectivity index (χ1n) is 11.0. The Morgan fingerprint density at radius 1 is 1.14 bits per heavy atom. The molecule has 3 aromatic rings. The summed E-state index contributed by atoms with van der Waals surface area (Å²) < 4.78 is 31.1. The fraction of sp³-hybridized carbons (Fsp3) is 0.250. The molecule has 0 radical (unpaired) electrons. The predicted octanol–water partition coefficient (Wildman–Crippen LogP) is 2.06. The third-order valence-electron chi connectivity index (χ3n) is 5.57. The molecule has 0 atom stereocenters. The number of primary amides is 1. The van der Waals surface area contributed by atoms with E-state index in [-0.39, 0.29) is 48.9 Å². The van der Waals surface area contributed by atoms with Crippen molar-refractivity contribution in [1.82, 2.24) is 15.1 Å². The van der Waals surface area contributed by atoms with Gasteiger partial charge in [-0.15, -0.1) is 0 Å². The minimum absolute atomic E-state index is 0.00299. The standard InChI is InChI=1S/C24H24FN5O6/c1-34-12-10-27-24(33)36-19-8-5-15(13-18(19)25)29-11-9-17-20(22(26)31)28-30(21(17)23(29)32)14-3-6-16(35-2)7-4-14/h3-8,13H,9-12H2,1-2H3,(H2,26,31)(H,27,33). The number of nitrogens with two attached hydrogens (primary N) is 1. The van der Waals surface area contributed by atoms with E-state index in [0.717, 1.165) is 6.07 Å². The highest BCUT2D eigenvalue weighted by molar-refractivity contribution is 6.09.